The highest BCUT2D eigenvalue weighted by atomic mass is 16.5. The van der Waals surface area contributed by atoms with E-state index in [1.807, 2.05) is 13.8 Å². The molecule has 2 aliphatic heterocycles. The van der Waals surface area contributed by atoms with Gasteiger partial charge in [-0.3, -0.25) is 9.59 Å². The minimum absolute atomic E-state index is 0.0760. The molecule has 2 amide bonds. The number of pyridine rings is 1. The van der Waals surface area contributed by atoms with Gasteiger partial charge in [-0.25, -0.2) is 4.98 Å². The summed E-state index contributed by atoms with van der Waals surface area (Å²) in [7, 11) is 3.37. The lowest BCUT2D eigenvalue weighted by molar-refractivity contribution is -0.131. The summed E-state index contributed by atoms with van der Waals surface area (Å²) in [5.41, 5.74) is 0.880. The van der Waals surface area contributed by atoms with Crippen molar-refractivity contribution in [2.75, 3.05) is 60.1 Å². The summed E-state index contributed by atoms with van der Waals surface area (Å²) in [6, 6.07) is 1.30. The van der Waals surface area contributed by atoms with E-state index in [1.165, 1.54) is 19.3 Å². The van der Waals surface area contributed by atoms with E-state index in [-0.39, 0.29) is 49.0 Å². The first-order chi connectivity index (χ1) is 17.3. The molecular weight excluding hydrogens is 460 g/mol. The van der Waals surface area contributed by atoms with Crippen molar-refractivity contribution in [1.82, 2.24) is 19.7 Å². The molecule has 0 radical (unpaired) electrons. The maximum atomic E-state index is 13.4. The summed E-state index contributed by atoms with van der Waals surface area (Å²) < 4.78 is 11.3. The molecule has 2 aliphatic rings. The summed E-state index contributed by atoms with van der Waals surface area (Å²) >= 11 is 0. The van der Waals surface area contributed by atoms with E-state index >= 15 is 0 Å². The van der Waals surface area contributed by atoms with Gasteiger partial charge in [-0.1, -0.05) is 25.2 Å². The maximum Gasteiger partial charge on any atom is 0.259 e. The van der Waals surface area contributed by atoms with Crippen LogP contribution in [0.1, 0.15) is 55.5 Å². The molecular formula is C27H40N4O5. The fourth-order valence-electron chi connectivity index (χ4n) is 4.60. The number of rotatable bonds is 8. The topological polar surface area (TPSA) is 95.4 Å². The predicted octanol–water partition coefficient (Wildman–Crippen LogP) is 1.63. The third kappa shape index (κ3) is 7.42. The van der Waals surface area contributed by atoms with Crippen LogP contribution in [0.3, 0.4) is 0 Å². The molecule has 3 heterocycles. The van der Waals surface area contributed by atoms with E-state index in [2.05, 4.69) is 21.7 Å². The molecule has 9 heteroatoms. The Morgan fingerprint density at radius 2 is 2.11 bits per heavy atom. The van der Waals surface area contributed by atoms with Crippen LogP contribution in [0.15, 0.2) is 12.3 Å². The van der Waals surface area contributed by atoms with Crippen molar-refractivity contribution in [2.24, 2.45) is 5.92 Å². The van der Waals surface area contributed by atoms with Crippen LogP contribution < -0.4 is 4.74 Å². The average molecular weight is 501 g/mol. The second kappa shape index (κ2) is 13.6. The maximum absolute atomic E-state index is 13.4. The van der Waals surface area contributed by atoms with E-state index in [0.29, 0.717) is 30.6 Å². The third-order valence-corrected chi connectivity index (χ3v) is 6.94. The Morgan fingerprint density at radius 3 is 2.81 bits per heavy atom. The summed E-state index contributed by atoms with van der Waals surface area (Å²) in [5, 5.41) is 9.82. The zero-order valence-corrected chi connectivity index (χ0v) is 22.0. The lowest BCUT2D eigenvalue weighted by atomic mass is 9.99. The first kappa shape index (κ1) is 27.9. The summed E-state index contributed by atoms with van der Waals surface area (Å²) in [6.45, 7) is 7.59. The van der Waals surface area contributed by atoms with Gasteiger partial charge in [-0.2, -0.15) is 0 Å². The number of amides is 2. The number of ether oxygens (including phenoxy) is 2. The second-order valence-corrected chi connectivity index (χ2v) is 9.86. The molecule has 0 unspecified atom stereocenters. The van der Waals surface area contributed by atoms with E-state index in [1.54, 1.807) is 36.2 Å². The Balaban J connectivity index is 1.78. The predicted molar refractivity (Wildman–Crippen MR) is 137 cm³/mol. The van der Waals surface area contributed by atoms with E-state index < -0.39 is 0 Å². The van der Waals surface area contributed by atoms with Crippen molar-refractivity contribution in [1.29, 1.82) is 0 Å². The highest BCUT2D eigenvalue weighted by Crippen LogP contribution is 2.27. The number of aromatic nitrogens is 1. The van der Waals surface area contributed by atoms with Crippen LogP contribution >= 0.6 is 0 Å². The molecule has 1 N–H and O–H groups in total. The van der Waals surface area contributed by atoms with Crippen molar-refractivity contribution in [3.05, 3.63) is 23.4 Å². The molecule has 1 fully saturated rings. The number of fused-ring (bicyclic) bond motifs is 1. The molecule has 0 spiro atoms. The number of likely N-dealkylation sites (tertiary alicyclic amines) is 1. The standard InChI is InChI=1S/C27H40N4O5/c1-20-17-31(21(2)19-32)27(34)23-15-22(9-8-14-35-4)16-28-26(23)36-24(20)18-29(3)25(33)10-13-30-11-6-5-7-12-30/h15-16,20-21,24,32H,5-7,10-14,17-19H2,1-4H3/t20-,21-,24-/m1/s1. The van der Waals surface area contributed by atoms with Gasteiger partial charge in [-0.15, -0.1) is 0 Å². The van der Waals surface area contributed by atoms with Gasteiger partial charge in [0.05, 0.1) is 19.2 Å². The first-order valence-corrected chi connectivity index (χ1v) is 12.9. The zero-order valence-electron chi connectivity index (χ0n) is 22.0. The molecule has 0 aliphatic carbocycles. The fraction of sp³-hybridized carbons (Fsp3) is 0.667. The molecule has 0 bridgehead atoms. The average Bonchev–Trinajstić information content (AvgIpc) is 2.89. The molecule has 1 aromatic rings. The lowest BCUT2D eigenvalue weighted by Gasteiger charge is -2.37. The molecule has 1 aromatic heterocycles. The van der Waals surface area contributed by atoms with Crippen molar-refractivity contribution >= 4 is 11.8 Å². The van der Waals surface area contributed by atoms with Crippen LogP contribution in [-0.4, -0.2) is 109 Å². The molecule has 3 atom stereocenters. The number of aliphatic hydroxyl groups excluding tert-OH is 1. The Bertz CT molecular complexity index is 953. The van der Waals surface area contributed by atoms with Gasteiger partial charge in [0.15, 0.2) is 0 Å². The summed E-state index contributed by atoms with van der Waals surface area (Å²) in [6.07, 6.45) is 5.35. The number of methoxy groups -OCH3 is 1. The Kier molecular flexibility index (Phi) is 10.5. The van der Waals surface area contributed by atoms with Gasteiger partial charge < -0.3 is 29.3 Å². The highest BCUT2D eigenvalue weighted by Gasteiger charge is 2.34. The van der Waals surface area contributed by atoms with Crippen LogP contribution in [-0.2, 0) is 9.53 Å². The normalized spacial score (nSPS) is 21.4. The van der Waals surface area contributed by atoms with Crippen molar-refractivity contribution in [3.8, 4) is 17.7 Å². The minimum atomic E-state index is -0.376. The van der Waals surface area contributed by atoms with Crippen molar-refractivity contribution < 1.29 is 24.2 Å². The van der Waals surface area contributed by atoms with Gasteiger partial charge in [0.25, 0.3) is 5.91 Å². The number of carbonyl (C=O) groups is 2. The number of aliphatic hydroxyl groups is 1. The number of hydrogen-bond donors (Lipinski definition) is 1. The largest absolute Gasteiger partial charge is 0.472 e. The first-order valence-electron chi connectivity index (χ1n) is 12.9. The summed E-state index contributed by atoms with van der Waals surface area (Å²) in [5.74, 6) is 5.77. The molecule has 1 saturated heterocycles. The molecule has 9 nitrogen and oxygen atoms in total. The fourth-order valence-corrected chi connectivity index (χ4v) is 4.60. The van der Waals surface area contributed by atoms with Crippen LogP contribution in [0.4, 0.5) is 0 Å². The molecule has 198 valence electrons. The number of piperidine rings is 1. The quantitative estimate of drug-likeness (QED) is 0.542. The van der Waals surface area contributed by atoms with Gasteiger partial charge in [0, 0.05) is 51.3 Å². The number of nitrogens with zero attached hydrogens (tertiary/aromatic N) is 4. The van der Waals surface area contributed by atoms with Crippen LogP contribution in [0, 0.1) is 17.8 Å². The van der Waals surface area contributed by atoms with Gasteiger partial charge >= 0.3 is 0 Å². The van der Waals surface area contributed by atoms with Crippen molar-refractivity contribution in [2.45, 2.75) is 51.7 Å². The van der Waals surface area contributed by atoms with E-state index in [9.17, 15) is 14.7 Å². The number of likely N-dealkylation sites (N-methyl/N-ethyl adjacent to an activating group) is 1. The zero-order chi connectivity index (χ0) is 26.1. The van der Waals surface area contributed by atoms with E-state index in [4.69, 9.17) is 9.47 Å². The highest BCUT2D eigenvalue weighted by molar-refractivity contribution is 5.97. The van der Waals surface area contributed by atoms with Crippen LogP contribution in [0.2, 0.25) is 0 Å². The molecule has 3 rings (SSSR count). The minimum Gasteiger partial charge on any atom is -0.472 e. The molecule has 0 aromatic carbocycles. The molecule has 0 saturated carbocycles. The lowest BCUT2D eigenvalue weighted by Crippen LogP contribution is -2.50. The van der Waals surface area contributed by atoms with Gasteiger partial charge in [-0.05, 0) is 38.9 Å². The second-order valence-electron chi connectivity index (χ2n) is 9.86. The monoisotopic (exact) mass is 500 g/mol. The number of hydrogen-bond acceptors (Lipinski definition) is 7. The smallest absolute Gasteiger partial charge is 0.259 e. The Hall–Kier alpha value is -2.67. The summed E-state index contributed by atoms with van der Waals surface area (Å²) in [4.78, 5) is 36.5. The third-order valence-electron chi connectivity index (χ3n) is 6.94. The number of carbonyl (C=O) groups excluding carboxylic acids is 2. The molecule has 36 heavy (non-hydrogen) atoms. The van der Waals surface area contributed by atoms with Gasteiger partial charge in [0.1, 0.15) is 18.3 Å². The Morgan fingerprint density at radius 1 is 1.36 bits per heavy atom. The van der Waals surface area contributed by atoms with E-state index in [0.717, 1.165) is 19.6 Å². The van der Waals surface area contributed by atoms with Crippen LogP contribution in [0.5, 0.6) is 5.88 Å². The van der Waals surface area contributed by atoms with Gasteiger partial charge in [0.2, 0.25) is 11.8 Å². The SMILES string of the molecule is COCC#Cc1cnc2c(c1)C(=O)N([C@H](C)CO)C[C@@H](C)[C@@H](CN(C)C(=O)CCN1CCCCC1)O2. The Labute approximate surface area is 214 Å². The van der Waals surface area contributed by atoms with Crippen LogP contribution in [0.25, 0.3) is 0 Å². The van der Waals surface area contributed by atoms with Crippen molar-refractivity contribution in [3.63, 3.8) is 0 Å².